The van der Waals surface area contributed by atoms with Crippen molar-refractivity contribution < 1.29 is 18.3 Å². The Morgan fingerprint density at radius 2 is 2.06 bits per heavy atom. The van der Waals surface area contributed by atoms with Gasteiger partial charge >= 0.3 is 5.97 Å². The molecule has 0 saturated carbocycles. The minimum Gasteiger partial charge on any atom is -0.480 e. The zero-order valence-electron chi connectivity index (χ0n) is 10.1. The van der Waals surface area contributed by atoms with Gasteiger partial charge in [-0.2, -0.15) is 4.72 Å². The van der Waals surface area contributed by atoms with Crippen LogP contribution >= 0.6 is 27.3 Å². The predicted octanol–water partition coefficient (Wildman–Crippen LogP) is 2.29. The maximum Gasteiger partial charge on any atom is 0.322 e. The molecule has 1 rings (SSSR count). The van der Waals surface area contributed by atoms with Gasteiger partial charge in [0.1, 0.15) is 10.3 Å². The van der Waals surface area contributed by atoms with Crippen LogP contribution in [0.5, 0.6) is 0 Å². The van der Waals surface area contributed by atoms with Crippen LogP contribution in [0.25, 0.3) is 0 Å². The first kappa shape index (κ1) is 15.6. The van der Waals surface area contributed by atoms with Crippen LogP contribution in [-0.2, 0) is 14.8 Å². The fraction of sp³-hybridized carbons (Fsp3) is 0.500. The van der Waals surface area contributed by atoms with E-state index in [1.54, 1.807) is 32.2 Å². The Labute approximate surface area is 118 Å². The molecule has 1 aromatic rings. The molecule has 0 aromatic carbocycles. The molecule has 0 amide bonds. The highest BCUT2D eigenvalue weighted by Gasteiger charge is 2.36. The molecule has 0 aliphatic heterocycles. The minimum absolute atomic E-state index is 0.0815. The highest BCUT2D eigenvalue weighted by atomic mass is 79.9. The molecule has 2 N–H and O–H groups in total. The molecule has 0 fully saturated rings. The monoisotopic (exact) mass is 355 g/mol. The number of carboxylic acid groups (broad SMARTS) is 1. The fourth-order valence-corrected chi connectivity index (χ4v) is 5.03. The normalized spacial score (nSPS) is 14.4. The van der Waals surface area contributed by atoms with E-state index in [-0.39, 0.29) is 4.21 Å². The lowest BCUT2D eigenvalue weighted by molar-refractivity contribution is -0.141. The fourth-order valence-electron chi connectivity index (χ4n) is 1.28. The van der Waals surface area contributed by atoms with Crippen molar-refractivity contribution in [1.82, 2.24) is 4.72 Å². The molecular formula is C10H14BrNO4S2. The first-order valence-corrected chi connectivity index (χ1v) is 8.19. The number of halogens is 1. The number of rotatable bonds is 4. The van der Waals surface area contributed by atoms with E-state index >= 15 is 0 Å². The van der Waals surface area contributed by atoms with Crippen LogP contribution in [0.3, 0.4) is 0 Å². The second-order valence-corrected chi connectivity index (χ2v) is 8.49. The summed E-state index contributed by atoms with van der Waals surface area (Å²) in [5, 5.41) is 10.7. The van der Waals surface area contributed by atoms with Crippen LogP contribution in [0.1, 0.15) is 20.8 Å². The predicted molar refractivity (Wildman–Crippen MR) is 73.2 cm³/mol. The lowest BCUT2D eigenvalue weighted by Crippen LogP contribution is -2.48. The number of thiophene rings is 1. The van der Waals surface area contributed by atoms with Crippen molar-refractivity contribution in [3.8, 4) is 0 Å². The lowest BCUT2D eigenvalue weighted by atomic mass is 9.88. The van der Waals surface area contributed by atoms with Crippen molar-refractivity contribution in [3.63, 3.8) is 0 Å². The Balaban J connectivity index is 3.09. The van der Waals surface area contributed by atoms with Gasteiger partial charge in [0, 0.05) is 4.47 Å². The maximum atomic E-state index is 12.1. The standard InChI is InChI=1S/C10H14BrNO4S2/c1-10(2,3)7(8(13)14)12-18(15,16)9-6(11)4-5-17-9/h4-5,7,12H,1-3H3,(H,13,14). The van der Waals surface area contributed by atoms with Gasteiger partial charge in [-0.1, -0.05) is 20.8 Å². The van der Waals surface area contributed by atoms with Crippen LogP contribution in [-0.4, -0.2) is 25.5 Å². The average molecular weight is 356 g/mol. The molecule has 1 atom stereocenters. The number of hydrogen-bond acceptors (Lipinski definition) is 4. The van der Waals surface area contributed by atoms with Gasteiger partial charge in [0.2, 0.25) is 0 Å². The molecule has 0 radical (unpaired) electrons. The second-order valence-electron chi connectivity index (χ2n) is 4.81. The Kier molecular flexibility index (Phi) is 4.58. The summed E-state index contributed by atoms with van der Waals surface area (Å²) in [6, 6.07) is 0.419. The zero-order valence-corrected chi connectivity index (χ0v) is 13.3. The van der Waals surface area contributed by atoms with Crippen molar-refractivity contribution in [2.75, 3.05) is 0 Å². The van der Waals surface area contributed by atoms with E-state index in [0.717, 1.165) is 11.3 Å². The largest absolute Gasteiger partial charge is 0.480 e. The summed E-state index contributed by atoms with van der Waals surface area (Å²) in [7, 11) is -3.83. The van der Waals surface area contributed by atoms with E-state index in [9.17, 15) is 13.2 Å². The molecule has 102 valence electrons. The summed E-state index contributed by atoms with van der Waals surface area (Å²) in [5.41, 5.74) is -0.720. The van der Waals surface area contributed by atoms with Crippen LogP contribution < -0.4 is 4.72 Å². The van der Waals surface area contributed by atoms with Crippen LogP contribution in [0, 0.1) is 5.41 Å². The summed E-state index contributed by atoms with van der Waals surface area (Å²) >= 11 is 4.15. The third-order valence-electron chi connectivity index (χ3n) is 2.21. The molecular weight excluding hydrogens is 342 g/mol. The van der Waals surface area contributed by atoms with Gasteiger partial charge in [0.25, 0.3) is 10.0 Å². The quantitative estimate of drug-likeness (QED) is 0.867. The SMILES string of the molecule is CC(C)(C)C(NS(=O)(=O)c1sccc1Br)C(=O)O. The lowest BCUT2D eigenvalue weighted by Gasteiger charge is -2.27. The molecule has 5 nitrogen and oxygen atoms in total. The topological polar surface area (TPSA) is 83.5 Å². The van der Waals surface area contributed by atoms with Crippen molar-refractivity contribution in [3.05, 3.63) is 15.9 Å². The number of hydrogen-bond donors (Lipinski definition) is 2. The summed E-state index contributed by atoms with van der Waals surface area (Å²) in [6.45, 7) is 4.99. The second kappa shape index (κ2) is 5.28. The van der Waals surface area contributed by atoms with Crippen molar-refractivity contribution in [2.24, 2.45) is 5.41 Å². The summed E-state index contributed by atoms with van der Waals surface area (Å²) in [5.74, 6) is -1.20. The molecule has 0 bridgehead atoms. The van der Waals surface area contributed by atoms with Crippen molar-refractivity contribution in [2.45, 2.75) is 31.0 Å². The van der Waals surface area contributed by atoms with E-state index in [2.05, 4.69) is 20.7 Å². The molecule has 1 heterocycles. The first-order chi connectivity index (χ1) is 8.05. The molecule has 0 saturated heterocycles. The summed E-state index contributed by atoms with van der Waals surface area (Å²) in [4.78, 5) is 11.1. The minimum atomic E-state index is -3.83. The Morgan fingerprint density at radius 1 is 1.50 bits per heavy atom. The molecule has 18 heavy (non-hydrogen) atoms. The van der Waals surface area contributed by atoms with Gasteiger partial charge in [-0.25, -0.2) is 8.42 Å². The average Bonchev–Trinajstić information content (AvgIpc) is 2.59. The highest BCUT2D eigenvalue weighted by Crippen LogP contribution is 2.29. The number of sulfonamides is 1. The number of nitrogens with one attached hydrogen (secondary N) is 1. The van der Waals surface area contributed by atoms with Gasteiger partial charge in [-0.05, 0) is 32.8 Å². The van der Waals surface area contributed by atoms with Gasteiger partial charge in [0.05, 0.1) is 0 Å². The van der Waals surface area contributed by atoms with Crippen molar-refractivity contribution >= 4 is 43.3 Å². The van der Waals surface area contributed by atoms with Crippen molar-refractivity contribution in [1.29, 1.82) is 0 Å². The van der Waals surface area contributed by atoms with E-state index < -0.39 is 27.4 Å². The number of carboxylic acids is 1. The molecule has 1 aromatic heterocycles. The Morgan fingerprint density at radius 3 is 2.39 bits per heavy atom. The van der Waals surface area contributed by atoms with E-state index in [4.69, 9.17) is 5.11 Å². The van der Waals surface area contributed by atoms with Gasteiger partial charge < -0.3 is 5.11 Å². The van der Waals surface area contributed by atoms with Gasteiger partial charge in [-0.15, -0.1) is 11.3 Å². The zero-order chi connectivity index (χ0) is 14.1. The van der Waals surface area contributed by atoms with Crippen LogP contribution in [0.4, 0.5) is 0 Å². The van der Waals surface area contributed by atoms with Gasteiger partial charge in [0.15, 0.2) is 0 Å². The molecule has 0 aliphatic rings. The third kappa shape index (κ3) is 3.53. The van der Waals surface area contributed by atoms with E-state index in [1.807, 2.05) is 0 Å². The smallest absolute Gasteiger partial charge is 0.322 e. The first-order valence-electron chi connectivity index (χ1n) is 5.04. The molecule has 1 unspecified atom stereocenters. The van der Waals surface area contributed by atoms with Gasteiger partial charge in [-0.3, -0.25) is 4.79 Å². The molecule has 0 aliphatic carbocycles. The van der Waals surface area contributed by atoms with E-state index in [0.29, 0.717) is 4.47 Å². The molecule has 0 spiro atoms. The molecule has 8 heteroatoms. The number of carbonyl (C=O) groups is 1. The Bertz CT molecular complexity index is 544. The third-order valence-corrected chi connectivity index (χ3v) is 6.31. The van der Waals surface area contributed by atoms with E-state index in [1.165, 1.54) is 0 Å². The van der Waals surface area contributed by atoms with Crippen LogP contribution in [0.15, 0.2) is 20.1 Å². The highest BCUT2D eigenvalue weighted by molar-refractivity contribution is 9.10. The van der Waals surface area contributed by atoms with Crippen LogP contribution in [0.2, 0.25) is 0 Å². The summed E-state index contributed by atoms with van der Waals surface area (Å²) in [6.07, 6.45) is 0. The number of aliphatic carboxylic acids is 1. The summed E-state index contributed by atoms with van der Waals surface area (Å²) < 4.78 is 26.9. The maximum absolute atomic E-state index is 12.1. The Hall–Kier alpha value is -0.440.